The molecule has 0 amide bonds. The molecule has 0 aliphatic rings. The largest absolute Gasteiger partial charge is 0.0843 e. The van der Waals surface area contributed by atoms with E-state index in [0.29, 0.717) is 0 Å². The van der Waals surface area contributed by atoms with Crippen LogP contribution in [0.15, 0.2) is 12.1 Å². The quantitative estimate of drug-likeness (QED) is 0.698. The van der Waals surface area contributed by atoms with Crippen LogP contribution in [0.1, 0.15) is 31.4 Å². The van der Waals surface area contributed by atoms with Crippen molar-refractivity contribution in [1.29, 1.82) is 0 Å². The Morgan fingerprint density at radius 2 is 1.85 bits per heavy atom. The van der Waals surface area contributed by atoms with Gasteiger partial charge in [-0.15, -0.1) is 0 Å². The first-order valence-electron chi connectivity index (χ1n) is 4.65. The molecule has 1 rings (SSSR count). The number of benzene rings is 1. The average molecular weight is 217 g/mol. The normalized spacial score (nSPS) is 10.5. The van der Waals surface area contributed by atoms with E-state index in [1.807, 2.05) is 12.1 Å². The summed E-state index contributed by atoms with van der Waals surface area (Å²) in [5.41, 5.74) is 2.54. The van der Waals surface area contributed by atoms with Crippen LogP contribution in [0, 0.1) is 0 Å². The lowest BCUT2D eigenvalue weighted by atomic mass is 10.0. The fourth-order valence-corrected chi connectivity index (χ4v) is 2.21. The van der Waals surface area contributed by atoms with E-state index in [0.717, 1.165) is 29.3 Å². The van der Waals surface area contributed by atoms with E-state index in [2.05, 4.69) is 13.8 Å². The van der Waals surface area contributed by atoms with Crippen molar-refractivity contribution in [2.24, 2.45) is 0 Å². The van der Waals surface area contributed by atoms with Gasteiger partial charge in [0, 0.05) is 10.0 Å². The first-order chi connectivity index (χ1) is 6.19. The predicted molar refractivity (Wildman–Crippen MR) is 59.8 cm³/mol. The SMILES string of the molecule is CCCc1cc(Cl)cc(Cl)c1CC. The molecule has 0 fully saturated rings. The molecule has 0 saturated heterocycles. The summed E-state index contributed by atoms with van der Waals surface area (Å²) in [7, 11) is 0. The van der Waals surface area contributed by atoms with Gasteiger partial charge in [-0.1, -0.05) is 43.5 Å². The van der Waals surface area contributed by atoms with Gasteiger partial charge < -0.3 is 0 Å². The molecule has 0 saturated carbocycles. The second-order valence-electron chi connectivity index (χ2n) is 3.13. The zero-order valence-corrected chi connectivity index (χ0v) is 9.54. The van der Waals surface area contributed by atoms with E-state index < -0.39 is 0 Å². The van der Waals surface area contributed by atoms with Crippen molar-refractivity contribution in [3.05, 3.63) is 33.3 Å². The van der Waals surface area contributed by atoms with Crippen LogP contribution in [0.4, 0.5) is 0 Å². The molecule has 0 nitrogen and oxygen atoms in total. The minimum atomic E-state index is 0.741. The molecule has 1 aromatic rings. The summed E-state index contributed by atoms with van der Waals surface area (Å²) in [5, 5.41) is 1.55. The zero-order chi connectivity index (χ0) is 9.84. The molecule has 2 heteroatoms. The van der Waals surface area contributed by atoms with Crippen LogP contribution in [0.2, 0.25) is 10.0 Å². The van der Waals surface area contributed by atoms with E-state index in [4.69, 9.17) is 23.2 Å². The predicted octanol–water partition coefficient (Wildman–Crippen LogP) is 4.51. The van der Waals surface area contributed by atoms with Gasteiger partial charge in [-0.3, -0.25) is 0 Å². The molecular weight excluding hydrogens is 203 g/mol. The summed E-state index contributed by atoms with van der Waals surface area (Å²) >= 11 is 12.0. The average Bonchev–Trinajstić information content (AvgIpc) is 2.04. The van der Waals surface area contributed by atoms with Gasteiger partial charge in [0.05, 0.1) is 0 Å². The lowest BCUT2D eigenvalue weighted by molar-refractivity contribution is 0.899. The third-order valence-corrected chi connectivity index (χ3v) is 2.68. The van der Waals surface area contributed by atoms with Crippen molar-refractivity contribution >= 4 is 23.2 Å². The highest BCUT2D eigenvalue weighted by Gasteiger charge is 2.06. The molecule has 0 bridgehead atoms. The molecule has 0 unspecified atom stereocenters. The van der Waals surface area contributed by atoms with Crippen molar-refractivity contribution in [2.75, 3.05) is 0 Å². The van der Waals surface area contributed by atoms with Gasteiger partial charge in [0.15, 0.2) is 0 Å². The van der Waals surface area contributed by atoms with Crippen molar-refractivity contribution in [2.45, 2.75) is 33.1 Å². The third kappa shape index (κ3) is 2.62. The van der Waals surface area contributed by atoms with Gasteiger partial charge in [-0.2, -0.15) is 0 Å². The van der Waals surface area contributed by atoms with Crippen LogP contribution in [0.3, 0.4) is 0 Å². The maximum atomic E-state index is 6.09. The summed E-state index contributed by atoms with van der Waals surface area (Å²) in [4.78, 5) is 0. The highest BCUT2D eigenvalue weighted by Crippen LogP contribution is 2.26. The minimum absolute atomic E-state index is 0.741. The van der Waals surface area contributed by atoms with E-state index in [-0.39, 0.29) is 0 Å². The maximum Gasteiger partial charge on any atom is 0.0455 e. The van der Waals surface area contributed by atoms with Crippen molar-refractivity contribution in [3.8, 4) is 0 Å². The molecule has 0 heterocycles. The van der Waals surface area contributed by atoms with Crippen molar-refractivity contribution < 1.29 is 0 Å². The number of hydrogen-bond donors (Lipinski definition) is 0. The van der Waals surface area contributed by atoms with Crippen LogP contribution in [-0.4, -0.2) is 0 Å². The second kappa shape index (κ2) is 4.88. The lowest BCUT2D eigenvalue weighted by Crippen LogP contribution is -1.93. The Kier molecular flexibility index (Phi) is 4.08. The van der Waals surface area contributed by atoms with E-state index in [1.165, 1.54) is 11.1 Å². The fraction of sp³-hybridized carbons (Fsp3) is 0.455. The van der Waals surface area contributed by atoms with Crippen LogP contribution in [-0.2, 0) is 12.8 Å². The first kappa shape index (κ1) is 10.9. The van der Waals surface area contributed by atoms with Gasteiger partial charge in [-0.25, -0.2) is 0 Å². The maximum absolute atomic E-state index is 6.09. The van der Waals surface area contributed by atoms with E-state index in [1.54, 1.807) is 0 Å². The molecule has 0 aliphatic carbocycles. The Morgan fingerprint density at radius 1 is 1.15 bits per heavy atom. The van der Waals surface area contributed by atoms with Crippen LogP contribution >= 0.6 is 23.2 Å². The molecule has 0 radical (unpaired) electrons. The standard InChI is InChI=1S/C11H14Cl2/c1-3-5-8-6-9(12)7-11(13)10(8)4-2/h6-7H,3-5H2,1-2H3. The lowest BCUT2D eigenvalue weighted by Gasteiger charge is -2.09. The topological polar surface area (TPSA) is 0 Å². The third-order valence-electron chi connectivity index (χ3n) is 2.13. The van der Waals surface area contributed by atoms with Gasteiger partial charge in [0.2, 0.25) is 0 Å². The zero-order valence-electron chi connectivity index (χ0n) is 8.03. The summed E-state index contributed by atoms with van der Waals surface area (Å²) in [6.07, 6.45) is 3.17. The summed E-state index contributed by atoms with van der Waals surface area (Å²) < 4.78 is 0. The molecule has 13 heavy (non-hydrogen) atoms. The second-order valence-corrected chi connectivity index (χ2v) is 3.97. The van der Waals surface area contributed by atoms with Crippen molar-refractivity contribution in [1.82, 2.24) is 0 Å². The Morgan fingerprint density at radius 3 is 2.38 bits per heavy atom. The monoisotopic (exact) mass is 216 g/mol. The van der Waals surface area contributed by atoms with E-state index in [9.17, 15) is 0 Å². The van der Waals surface area contributed by atoms with Gasteiger partial charge in [-0.05, 0) is 36.1 Å². The molecule has 0 aliphatic heterocycles. The number of hydrogen-bond acceptors (Lipinski definition) is 0. The fourth-order valence-electron chi connectivity index (χ4n) is 1.55. The Hall–Kier alpha value is -0.200. The molecule has 0 aromatic heterocycles. The molecule has 1 aromatic carbocycles. The van der Waals surface area contributed by atoms with Crippen LogP contribution in [0.25, 0.3) is 0 Å². The number of rotatable bonds is 3. The number of aryl methyl sites for hydroxylation is 1. The van der Waals surface area contributed by atoms with Gasteiger partial charge in [0.25, 0.3) is 0 Å². The molecular formula is C11H14Cl2. The summed E-state index contributed by atoms with van der Waals surface area (Å²) in [6, 6.07) is 3.84. The molecule has 0 N–H and O–H groups in total. The Balaban J connectivity index is 3.13. The smallest absolute Gasteiger partial charge is 0.0455 e. The Labute approximate surface area is 89.9 Å². The highest BCUT2D eigenvalue weighted by atomic mass is 35.5. The molecule has 0 spiro atoms. The van der Waals surface area contributed by atoms with Crippen LogP contribution < -0.4 is 0 Å². The number of halogens is 2. The Bertz CT molecular complexity index is 292. The van der Waals surface area contributed by atoms with Crippen molar-refractivity contribution in [3.63, 3.8) is 0 Å². The molecule has 72 valence electrons. The minimum Gasteiger partial charge on any atom is -0.0843 e. The first-order valence-corrected chi connectivity index (χ1v) is 5.41. The summed E-state index contributed by atoms with van der Waals surface area (Å²) in [6.45, 7) is 4.28. The van der Waals surface area contributed by atoms with Gasteiger partial charge in [0.1, 0.15) is 0 Å². The highest BCUT2D eigenvalue weighted by molar-refractivity contribution is 6.35. The molecule has 0 atom stereocenters. The van der Waals surface area contributed by atoms with E-state index >= 15 is 0 Å². The summed E-state index contributed by atoms with van der Waals surface area (Å²) in [5.74, 6) is 0. The van der Waals surface area contributed by atoms with Crippen LogP contribution in [0.5, 0.6) is 0 Å². The van der Waals surface area contributed by atoms with Gasteiger partial charge >= 0.3 is 0 Å².